The first-order valence-electron chi connectivity index (χ1n) is 17.5. The van der Waals surface area contributed by atoms with Gasteiger partial charge in [-0.1, -0.05) is 69.9 Å². The maximum Gasteiger partial charge on any atom is 0.573 e. The molecule has 0 spiro atoms. The van der Waals surface area contributed by atoms with Crippen molar-refractivity contribution in [1.82, 2.24) is 0 Å². The van der Waals surface area contributed by atoms with Gasteiger partial charge in [0.25, 0.3) is 0 Å². The van der Waals surface area contributed by atoms with Gasteiger partial charge in [-0.3, -0.25) is 4.55 Å². The van der Waals surface area contributed by atoms with Crippen molar-refractivity contribution in [3.63, 3.8) is 0 Å². The molecule has 266 valence electrons. The maximum absolute atomic E-state index is 15.7. The van der Waals surface area contributed by atoms with Gasteiger partial charge in [0.05, 0.1) is 0 Å². The van der Waals surface area contributed by atoms with Crippen molar-refractivity contribution >= 4 is 20.2 Å². The van der Waals surface area contributed by atoms with Crippen LogP contribution < -0.4 is 8.92 Å². The number of hydrogen-bond donors (Lipinski definition) is 1. The second-order valence-electron chi connectivity index (χ2n) is 14.1. The highest BCUT2D eigenvalue weighted by atomic mass is 32.2. The van der Waals surface area contributed by atoms with E-state index in [2.05, 4.69) is 4.74 Å². The van der Waals surface area contributed by atoms with Gasteiger partial charge in [-0.05, 0) is 104 Å². The van der Waals surface area contributed by atoms with Crippen LogP contribution in [0, 0.1) is 5.82 Å². The Morgan fingerprint density at radius 1 is 0.625 bits per heavy atom. The van der Waals surface area contributed by atoms with Crippen LogP contribution >= 0.6 is 0 Å². The minimum absolute atomic E-state index is 0.0668. The third kappa shape index (κ3) is 7.52. The Bertz CT molecular complexity index is 1680. The molecule has 48 heavy (non-hydrogen) atoms. The third-order valence-corrected chi connectivity index (χ3v) is 13.1. The predicted octanol–water partition coefficient (Wildman–Crippen LogP) is 9.76. The monoisotopic (exact) mass is 716 g/mol. The number of rotatable bonds is 8. The summed E-state index contributed by atoms with van der Waals surface area (Å²) in [7, 11) is -10.6. The average Bonchev–Trinajstić information content (AvgIpc) is 3.06. The topological polar surface area (TPSA) is 107 Å². The highest BCUT2D eigenvalue weighted by Crippen LogP contribution is 2.50. The Balaban J connectivity index is 1.59. The molecule has 4 aliphatic rings. The van der Waals surface area contributed by atoms with Crippen LogP contribution in [0.15, 0.2) is 21.9 Å². The molecule has 0 aromatic heterocycles. The van der Waals surface area contributed by atoms with Crippen LogP contribution in [0.3, 0.4) is 0 Å². The largest absolute Gasteiger partial charge is 0.573 e. The van der Waals surface area contributed by atoms with Crippen molar-refractivity contribution in [2.24, 2.45) is 0 Å². The molecule has 0 aliphatic heterocycles. The fourth-order valence-electron chi connectivity index (χ4n) is 8.65. The van der Waals surface area contributed by atoms with E-state index in [1.807, 2.05) is 12.1 Å². The van der Waals surface area contributed by atoms with E-state index in [4.69, 9.17) is 4.18 Å². The summed E-state index contributed by atoms with van der Waals surface area (Å²) in [6, 6.07) is 3.96. The van der Waals surface area contributed by atoms with Crippen LogP contribution in [-0.4, -0.2) is 27.8 Å². The number of ether oxygens (including phenoxy) is 1. The van der Waals surface area contributed by atoms with E-state index in [9.17, 15) is 34.6 Å². The lowest BCUT2D eigenvalue weighted by Gasteiger charge is -2.32. The Labute approximate surface area is 280 Å². The Hall–Kier alpha value is -2.38. The smallest absolute Gasteiger partial charge is 0.400 e. The maximum atomic E-state index is 15.7. The zero-order valence-electron chi connectivity index (χ0n) is 27.0. The van der Waals surface area contributed by atoms with Gasteiger partial charge in [0.15, 0.2) is 22.2 Å². The van der Waals surface area contributed by atoms with Crippen LogP contribution in [0.4, 0.5) is 17.6 Å². The van der Waals surface area contributed by atoms with Crippen LogP contribution in [0.2, 0.25) is 0 Å². The lowest BCUT2D eigenvalue weighted by atomic mass is 9.76. The van der Waals surface area contributed by atoms with Crippen molar-refractivity contribution in [3.8, 4) is 11.5 Å². The van der Waals surface area contributed by atoms with Crippen molar-refractivity contribution in [2.75, 3.05) is 0 Å². The van der Waals surface area contributed by atoms with E-state index in [0.29, 0.717) is 24.0 Å². The van der Waals surface area contributed by atoms with Gasteiger partial charge in [0.2, 0.25) is 0 Å². The van der Waals surface area contributed by atoms with Crippen molar-refractivity contribution in [3.05, 3.63) is 45.8 Å². The molecule has 13 heteroatoms. The standard InChI is InChI=1S/C35H44F4O7S2/c36-30-26-18-10-11-19-27(26)31(32(45-35(37,38)39)34(30)47(40,41)42)46-48(43,44)33-28(23-14-6-2-7-15-23)20-25(22-12-4-1-5-13-22)21-29(33)24-16-8-3-9-17-24/h20-24H,1-19H2,(H,40,41,42). The summed E-state index contributed by atoms with van der Waals surface area (Å²) in [5.41, 5.74) is 1.78. The van der Waals surface area contributed by atoms with E-state index in [-0.39, 0.29) is 46.6 Å². The van der Waals surface area contributed by atoms with Gasteiger partial charge in [0.1, 0.15) is 4.90 Å². The molecule has 0 radical (unpaired) electrons. The third-order valence-electron chi connectivity index (χ3n) is 10.9. The second-order valence-corrected chi connectivity index (χ2v) is 16.9. The van der Waals surface area contributed by atoms with Gasteiger partial charge < -0.3 is 8.92 Å². The van der Waals surface area contributed by atoms with Crippen molar-refractivity contribution in [1.29, 1.82) is 0 Å². The first kappa shape index (κ1) is 35.4. The quantitative estimate of drug-likeness (QED) is 0.165. The zero-order chi connectivity index (χ0) is 34.3. The first-order valence-corrected chi connectivity index (χ1v) is 20.3. The summed E-state index contributed by atoms with van der Waals surface area (Å²) in [5, 5.41) is 0. The minimum atomic E-state index is -5.66. The van der Waals surface area contributed by atoms with E-state index in [1.54, 1.807) is 0 Å². The molecule has 7 nitrogen and oxygen atoms in total. The van der Waals surface area contributed by atoms with Crippen molar-refractivity contribution < 1.29 is 47.9 Å². The molecule has 4 aliphatic carbocycles. The molecule has 3 saturated carbocycles. The number of fused-ring (bicyclic) bond motifs is 1. The Morgan fingerprint density at radius 2 is 1.08 bits per heavy atom. The normalized spacial score (nSPS) is 20.8. The average molecular weight is 717 g/mol. The zero-order valence-corrected chi connectivity index (χ0v) is 28.7. The SMILES string of the molecule is O=S(=O)(O)c1c(F)c2c(c(OS(=O)(=O)c3c(C4CCCCC4)cc(C4CCCCC4)cc3C3CCCCC3)c1OC(F)(F)F)CCCC2. The molecule has 0 bridgehead atoms. The summed E-state index contributed by atoms with van der Waals surface area (Å²) >= 11 is 0. The summed E-state index contributed by atoms with van der Waals surface area (Å²) in [5.74, 6) is -4.28. The molecule has 0 saturated heterocycles. The Kier molecular flexibility index (Phi) is 10.4. The van der Waals surface area contributed by atoms with E-state index >= 15 is 4.39 Å². The van der Waals surface area contributed by atoms with E-state index in [1.165, 1.54) is 0 Å². The van der Waals surface area contributed by atoms with Crippen LogP contribution in [0.1, 0.15) is 155 Å². The molecule has 0 atom stereocenters. The van der Waals surface area contributed by atoms with Gasteiger partial charge >= 0.3 is 26.6 Å². The molecule has 0 heterocycles. The minimum Gasteiger partial charge on any atom is -0.400 e. The number of halogens is 4. The first-order chi connectivity index (χ1) is 22.7. The highest BCUT2D eigenvalue weighted by Gasteiger charge is 2.43. The van der Waals surface area contributed by atoms with Gasteiger partial charge in [-0.25, -0.2) is 4.39 Å². The highest BCUT2D eigenvalue weighted by molar-refractivity contribution is 7.87. The summed E-state index contributed by atoms with van der Waals surface area (Å²) < 4.78 is 131. The molecular formula is C35H44F4O7S2. The lowest BCUT2D eigenvalue weighted by molar-refractivity contribution is -0.276. The molecule has 2 aromatic carbocycles. The summed E-state index contributed by atoms with van der Waals surface area (Å²) in [6.07, 6.45) is 9.02. The van der Waals surface area contributed by atoms with Crippen LogP contribution in [0.25, 0.3) is 0 Å². The van der Waals surface area contributed by atoms with E-state index < -0.39 is 48.8 Å². The number of alkyl halides is 3. The van der Waals surface area contributed by atoms with Gasteiger partial charge in [-0.2, -0.15) is 16.8 Å². The molecule has 2 aromatic rings. The fraction of sp³-hybridized carbons (Fsp3) is 0.657. The van der Waals surface area contributed by atoms with Crippen molar-refractivity contribution in [2.45, 2.75) is 156 Å². The van der Waals surface area contributed by atoms with Gasteiger partial charge in [-0.15, -0.1) is 13.2 Å². The number of hydrogen-bond acceptors (Lipinski definition) is 6. The fourth-order valence-corrected chi connectivity index (χ4v) is 10.9. The lowest BCUT2D eigenvalue weighted by Crippen LogP contribution is -2.25. The van der Waals surface area contributed by atoms with Crippen LogP contribution in [0.5, 0.6) is 11.5 Å². The molecular weight excluding hydrogens is 673 g/mol. The molecule has 1 N–H and O–H groups in total. The molecule has 3 fully saturated rings. The Morgan fingerprint density at radius 3 is 1.54 bits per heavy atom. The summed E-state index contributed by atoms with van der Waals surface area (Å²) in [6.45, 7) is 0. The van der Waals surface area contributed by atoms with Gasteiger partial charge in [0, 0.05) is 5.56 Å². The van der Waals surface area contributed by atoms with Crippen LogP contribution in [-0.2, 0) is 33.1 Å². The summed E-state index contributed by atoms with van der Waals surface area (Å²) in [4.78, 5) is -1.85. The van der Waals surface area contributed by atoms with E-state index in [0.717, 1.165) is 102 Å². The molecule has 6 rings (SSSR count). The molecule has 0 amide bonds. The molecule has 0 unspecified atom stereocenters. The predicted molar refractivity (Wildman–Crippen MR) is 171 cm³/mol. The second kappa shape index (κ2) is 14.1. The number of benzene rings is 2.